The number of benzene rings is 3. The maximum atomic E-state index is 14.5. The number of hydrazine groups is 2. The lowest BCUT2D eigenvalue weighted by atomic mass is 9.97. The second kappa shape index (κ2) is 48.5. The number of alkyl halides is 12. The van der Waals surface area contributed by atoms with Crippen LogP contribution in [0.1, 0.15) is 196 Å². The third-order valence-corrected chi connectivity index (χ3v) is 34.5. The number of nitrogens with two attached hydrogens (primary N) is 1. The third-order valence-electron chi connectivity index (χ3n) is 20.1. The average molecular weight is 1910 g/mol. The van der Waals surface area contributed by atoms with Crippen molar-refractivity contribution in [1.82, 2.24) is 21.3 Å². The Morgan fingerprint density at radius 3 is 1.02 bits per heavy atom. The summed E-state index contributed by atoms with van der Waals surface area (Å²) < 4.78 is 224. The Bertz CT molecular complexity index is 3930. The molecule has 4 rings (SSSR count). The lowest BCUT2D eigenvalue weighted by Crippen LogP contribution is -2.62. The van der Waals surface area contributed by atoms with Crippen molar-refractivity contribution in [2.75, 3.05) is 45.0 Å². The molecule has 41 heteroatoms. The number of aliphatic carboxylic acids is 1. The van der Waals surface area contributed by atoms with Gasteiger partial charge in [-0.15, -0.1) is 0 Å². The summed E-state index contributed by atoms with van der Waals surface area (Å²) in [4.78, 5) is 74.6. The van der Waals surface area contributed by atoms with Gasteiger partial charge in [-0.05, 0) is 175 Å². The summed E-state index contributed by atoms with van der Waals surface area (Å²) in [6.45, 7) is 45.0. The summed E-state index contributed by atoms with van der Waals surface area (Å²) in [7, 11) is -5.90. The van der Waals surface area contributed by atoms with Crippen LogP contribution >= 0.6 is 15.9 Å². The van der Waals surface area contributed by atoms with E-state index in [1.807, 2.05) is 36.9 Å². The zero-order valence-electron chi connectivity index (χ0n) is 75.3. The van der Waals surface area contributed by atoms with Crippen LogP contribution in [0.25, 0.3) is 0 Å². The highest BCUT2D eigenvalue weighted by atomic mass is 79.9. The summed E-state index contributed by atoms with van der Waals surface area (Å²) in [5.74, 6) is -1.66. The van der Waals surface area contributed by atoms with Gasteiger partial charge in [0.15, 0.2) is 30.6 Å². The number of halogens is 13. The number of carboxylic acid groups (broad SMARTS) is 2. The summed E-state index contributed by atoms with van der Waals surface area (Å²) in [5.41, 5.74) is -7.45. The van der Waals surface area contributed by atoms with Crippen molar-refractivity contribution in [3.05, 3.63) is 130 Å². The van der Waals surface area contributed by atoms with E-state index in [0.29, 0.717) is 42.0 Å². The highest BCUT2D eigenvalue weighted by molar-refractivity contribution is 9.10. The highest BCUT2D eigenvalue weighted by Gasteiger charge is 2.64. The number of carbonyl (C=O) groups excluding carboxylic acids is 4. The molecule has 0 fully saturated rings. The minimum Gasteiger partial charge on any atom is -0.479 e. The largest absolute Gasteiger partial charge is 0.479 e. The molecular weight excluding hydrogens is 1780 g/mol. The predicted molar refractivity (Wildman–Crippen MR) is 455 cm³/mol. The number of carboxylic acids is 2. The van der Waals surface area contributed by atoms with Crippen LogP contribution in [0.4, 0.5) is 68.0 Å². The van der Waals surface area contributed by atoms with E-state index >= 15 is 0 Å². The number of aromatic carboxylic acids is 1. The summed E-state index contributed by atoms with van der Waals surface area (Å²) in [6, 6.07) is 25.1. The molecule has 3 unspecified atom stereocenters. The van der Waals surface area contributed by atoms with Gasteiger partial charge in [0.25, 0.3) is 17.4 Å². The molecule has 0 saturated carbocycles. The molecule has 0 aliphatic carbocycles. The number of aromatic nitrogens is 1. The molecule has 0 aliphatic rings. The van der Waals surface area contributed by atoms with Gasteiger partial charge in [-0.25, -0.2) is 35.4 Å². The monoisotopic (exact) mass is 1900 g/mol. The zero-order valence-corrected chi connectivity index (χ0v) is 79.9. The number of carbonyl (C=O) groups is 6. The molecule has 8 N–H and O–H groups in total. The fourth-order valence-electron chi connectivity index (χ4n) is 10.0. The van der Waals surface area contributed by atoms with Gasteiger partial charge in [-0.1, -0.05) is 153 Å². The van der Waals surface area contributed by atoms with E-state index in [9.17, 15) is 86.6 Å². The molecule has 4 amide bonds. The highest BCUT2D eigenvalue weighted by Crippen LogP contribution is 2.44. The van der Waals surface area contributed by atoms with Crippen LogP contribution in [0, 0.1) is 0 Å². The fraction of sp³-hybridized carbons (Fsp3) is 0.651. The molecule has 0 radical (unpaired) electrons. The van der Waals surface area contributed by atoms with Crippen molar-refractivity contribution in [2.24, 2.45) is 5.84 Å². The maximum absolute atomic E-state index is 14.5. The van der Waals surface area contributed by atoms with E-state index < -0.39 is 187 Å². The third kappa shape index (κ3) is 39.0. The molecule has 6 atom stereocenters. The average Bonchev–Trinajstić information content (AvgIpc) is 0.784. The first-order valence-corrected chi connectivity index (χ1v) is 49.4. The molecule has 1 aromatic heterocycles. The van der Waals surface area contributed by atoms with Crippen molar-refractivity contribution in [3.63, 3.8) is 0 Å². The summed E-state index contributed by atoms with van der Waals surface area (Å²) in [6.07, 6.45) is -23.4. The number of nitrogens with one attached hydrogen (secondary N) is 4. The van der Waals surface area contributed by atoms with Crippen molar-refractivity contribution in [2.45, 2.75) is 308 Å². The lowest BCUT2D eigenvalue weighted by Gasteiger charge is -2.38. The van der Waals surface area contributed by atoms with Gasteiger partial charge >= 0.3 is 48.8 Å². The number of rotatable bonds is 38. The van der Waals surface area contributed by atoms with Crippen LogP contribution < -0.4 is 27.4 Å². The lowest BCUT2D eigenvalue weighted by molar-refractivity contribution is -0.283. The Labute approximate surface area is 731 Å². The number of nitrogens with zero attached hydrogens (tertiary/aromatic N) is 1. The van der Waals surface area contributed by atoms with Crippen molar-refractivity contribution in [1.29, 1.82) is 0 Å². The van der Waals surface area contributed by atoms with Crippen LogP contribution in [0.3, 0.4) is 0 Å². The Morgan fingerprint density at radius 2 is 0.742 bits per heavy atom. The van der Waals surface area contributed by atoms with Gasteiger partial charge in [-0.3, -0.25) is 25.8 Å². The van der Waals surface area contributed by atoms with Gasteiger partial charge < -0.3 is 61.4 Å². The van der Waals surface area contributed by atoms with E-state index in [1.165, 1.54) is 0 Å². The van der Waals surface area contributed by atoms with Crippen LogP contribution in [0.2, 0.25) is 54.4 Å². The quantitative estimate of drug-likeness (QED) is 0.00417. The molecule has 3 aromatic carbocycles. The standard InChI is InChI=1S/C27H45F3N2O6Si.C22H37F3N2O4Si.C22H35F3O5Si.C12H12BrF3N2O4/c1-20(38-39(8,9)25(5,6)7)15-17-35-18-16-26(27(28,29)30,36-19-21-13-11-10-12-14-21)22(33)31-32-23(34)37-24(2,3)4;1-17(31-32(5,6)20(2,3)4)12-14-29-15-13-21(19(28)27-26,22(23,24)25)30-16-18-10-8-7-9-11-18;1-17(30-31(5,6)20(2,3)4)12-14-28-15-13-21(19(26)27,22(23,24)25)29-16-18-10-8-7-9-11-18;1-11(2,3)22-10(21)17-6-4-5(12(14,15)16)8(13)18-7(6)9(19)20/h10-14,20H,15-19H2,1-9H3,(H,31,33)(H,32,34);7-11,17H,12-16,26H2,1-6H3,(H,27,28);7-11,17H,12-16H2,1-6H3,(H,26,27);4H,1-3H3,(H,17,21)(H,19,20)/t20-,26?;2*17-,21?;/m000./s1. The first-order chi connectivity index (χ1) is 56.3. The van der Waals surface area contributed by atoms with Crippen molar-refractivity contribution < 1.29 is 143 Å². The van der Waals surface area contributed by atoms with Gasteiger partial charge in [0.2, 0.25) is 11.2 Å². The van der Waals surface area contributed by atoms with Crippen LogP contribution in [0.5, 0.6) is 0 Å². The van der Waals surface area contributed by atoms with E-state index in [1.54, 1.807) is 138 Å². The zero-order chi connectivity index (χ0) is 96.0. The first-order valence-electron chi connectivity index (χ1n) is 39.8. The maximum Gasteiger partial charge on any atom is 0.428 e. The van der Waals surface area contributed by atoms with Gasteiger partial charge in [0, 0.05) is 57.4 Å². The van der Waals surface area contributed by atoms with Gasteiger partial charge in [0.1, 0.15) is 15.8 Å². The first kappa shape index (κ1) is 115. The number of anilines is 1. The second-order valence-electron chi connectivity index (χ2n) is 35.8. The van der Waals surface area contributed by atoms with E-state index in [2.05, 4.69) is 123 Å². The molecule has 1 heterocycles. The van der Waals surface area contributed by atoms with Crippen LogP contribution in [0.15, 0.2) is 102 Å². The minimum absolute atomic E-state index is 0.0191. The molecule has 0 saturated heterocycles. The van der Waals surface area contributed by atoms with Gasteiger partial charge in [0.05, 0.1) is 50.9 Å². The van der Waals surface area contributed by atoms with E-state index in [-0.39, 0.29) is 59.9 Å². The summed E-state index contributed by atoms with van der Waals surface area (Å²) >= 11 is 2.56. The minimum atomic E-state index is -5.12. The Kier molecular flexibility index (Phi) is 45.0. The normalized spacial score (nSPS) is 15.0. The SMILES string of the molecule is CC(C)(C)OC(=O)Nc1cc(C(F)(F)F)c(Br)nc1C(=O)O.C[C@@H](CCOCCC(OCc1ccccc1)(C(=O)NN)C(F)(F)F)O[Si](C)(C)C(C)(C)C.C[C@@H](CCOCCC(OCc1ccccc1)(C(=O)NNC(=O)OC(C)(C)C)C(F)(F)F)O[Si](C)(C)C(C)(C)C.C[C@@H](CCOCCC(OCc1ccccc1)(C(=O)O)C(F)(F)F)O[Si](C)(C)C(C)(C)C. The predicted octanol–water partition coefficient (Wildman–Crippen LogP) is 20.7. The summed E-state index contributed by atoms with van der Waals surface area (Å²) in [5, 5.41) is 20.4. The van der Waals surface area contributed by atoms with Crippen molar-refractivity contribution >= 4 is 82.5 Å². The topological polar surface area (TPSA) is 331 Å². The molecule has 25 nitrogen and oxygen atoms in total. The Balaban J connectivity index is 0.000000841. The number of pyridine rings is 1. The number of hydrogen-bond acceptors (Lipinski definition) is 19. The number of amides is 4. The molecule has 124 heavy (non-hydrogen) atoms. The number of hydrogen-bond donors (Lipinski definition) is 7. The van der Waals surface area contributed by atoms with Crippen LogP contribution in [-0.2, 0) is 91.6 Å². The second-order valence-corrected chi connectivity index (χ2v) is 50.8. The van der Waals surface area contributed by atoms with Crippen molar-refractivity contribution in [3.8, 4) is 0 Å². The molecule has 708 valence electrons. The van der Waals surface area contributed by atoms with E-state index in [4.69, 9.17) is 62.1 Å². The molecule has 0 spiro atoms. The molecule has 0 bridgehead atoms. The molecular formula is C83H129BrF12N6O19Si3. The van der Waals surface area contributed by atoms with Gasteiger partial charge in [-0.2, -0.15) is 52.7 Å². The number of ether oxygens (including phenoxy) is 8. The Hall–Kier alpha value is -6.88. The smallest absolute Gasteiger partial charge is 0.428 e. The Morgan fingerprint density at radius 1 is 0.444 bits per heavy atom. The molecule has 4 aromatic rings. The molecule has 0 aliphatic heterocycles. The van der Waals surface area contributed by atoms with E-state index in [0.717, 1.165) is 0 Å². The fourth-order valence-corrected chi connectivity index (χ4v) is 15.0. The van der Waals surface area contributed by atoms with Crippen LogP contribution in [-0.4, -0.2) is 181 Å².